The lowest BCUT2D eigenvalue weighted by Crippen LogP contribution is -2.73. The van der Waals surface area contributed by atoms with Crippen LogP contribution in [0.5, 0.6) is 0 Å². The van der Waals surface area contributed by atoms with Crippen molar-refractivity contribution in [3.63, 3.8) is 0 Å². The van der Waals surface area contributed by atoms with Crippen LogP contribution in [0.4, 0.5) is 0 Å². The second-order valence-corrected chi connectivity index (χ2v) is 14.4. The summed E-state index contributed by atoms with van der Waals surface area (Å²) < 4.78 is 6.81. The molecule has 4 fully saturated rings. The molecule has 4 heterocycles. The molecule has 0 bridgehead atoms. The van der Waals surface area contributed by atoms with Gasteiger partial charge in [-0.3, -0.25) is 20.3 Å². The van der Waals surface area contributed by atoms with Gasteiger partial charge in [-0.25, -0.2) is 0 Å². The minimum absolute atomic E-state index is 0.0776. The third-order valence-corrected chi connectivity index (χ3v) is 12.4. The van der Waals surface area contributed by atoms with E-state index in [0.717, 1.165) is 32.4 Å². The van der Waals surface area contributed by atoms with Crippen molar-refractivity contribution in [2.75, 3.05) is 39.8 Å². The molecule has 1 aliphatic carbocycles. The zero-order chi connectivity index (χ0) is 28.6. The van der Waals surface area contributed by atoms with E-state index in [9.17, 15) is 10.1 Å². The molecule has 9 heteroatoms. The van der Waals surface area contributed by atoms with Gasteiger partial charge in [-0.05, 0) is 75.7 Å². The number of likely N-dealkylation sites (N-methyl/N-ethyl adjacent to an activating group) is 1. The molecule has 1 spiro atoms. The average Bonchev–Trinajstić information content (AvgIpc) is 3.40. The molecule has 5 aliphatic rings. The smallest absolute Gasteiger partial charge is 0.246 e. The van der Waals surface area contributed by atoms with Gasteiger partial charge in [0.1, 0.15) is 0 Å². The van der Waals surface area contributed by atoms with Crippen molar-refractivity contribution in [1.29, 1.82) is 5.26 Å². The SMILES string of the molecule is C=CC(=O)N1CCN(C2NC(OCC3CCCN3C)NC3C[C@@]4(CCC32)Sc2ccccc2CC4C)CC1CC#N. The third-order valence-electron chi connectivity index (χ3n) is 10.6. The summed E-state index contributed by atoms with van der Waals surface area (Å²) in [5.41, 5.74) is 1.49. The first-order valence-electron chi connectivity index (χ1n) is 15.6. The van der Waals surface area contributed by atoms with Gasteiger partial charge < -0.3 is 14.5 Å². The lowest BCUT2D eigenvalue weighted by Gasteiger charge is -2.57. The number of thioether (sulfide) groups is 1. The van der Waals surface area contributed by atoms with Crippen LogP contribution >= 0.6 is 11.8 Å². The minimum atomic E-state index is -0.219. The Morgan fingerprint density at radius 3 is 2.88 bits per heavy atom. The van der Waals surface area contributed by atoms with Crippen molar-refractivity contribution in [1.82, 2.24) is 25.3 Å². The van der Waals surface area contributed by atoms with Crippen LogP contribution in [0.3, 0.4) is 0 Å². The van der Waals surface area contributed by atoms with Crippen LogP contribution < -0.4 is 10.6 Å². The highest BCUT2D eigenvalue weighted by Crippen LogP contribution is 2.55. The van der Waals surface area contributed by atoms with E-state index in [1.165, 1.54) is 35.8 Å². The van der Waals surface area contributed by atoms with Gasteiger partial charge in [-0.1, -0.05) is 31.7 Å². The van der Waals surface area contributed by atoms with Gasteiger partial charge in [-0.2, -0.15) is 5.26 Å². The fourth-order valence-electron chi connectivity index (χ4n) is 8.16. The van der Waals surface area contributed by atoms with Crippen molar-refractivity contribution in [2.24, 2.45) is 11.8 Å². The first-order valence-corrected chi connectivity index (χ1v) is 16.4. The Morgan fingerprint density at radius 2 is 2.10 bits per heavy atom. The Morgan fingerprint density at radius 1 is 1.24 bits per heavy atom. The highest BCUT2D eigenvalue weighted by atomic mass is 32.2. The van der Waals surface area contributed by atoms with Crippen molar-refractivity contribution in [3.05, 3.63) is 42.5 Å². The fraction of sp³-hybridized carbons (Fsp3) is 0.688. The van der Waals surface area contributed by atoms with E-state index < -0.39 is 0 Å². The molecule has 2 N–H and O–H groups in total. The fourth-order valence-corrected chi connectivity index (χ4v) is 9.79. The van der Waals surface area contributed by atoms with Gasteiger partial charge in [0.2, 0.25) is 5.91 Å². The molecule has 7 unspecified atom stereocenters. The highest BCUT2D eigenvalue weighted by molar-refractivity contribution is 8.00. The summed E-state index contributed by atoms with van der Waals surface area (Å²) in [5, 5.41) is 17.4. The first kappa shape index (κ1) is 29.2. The van der Waals surface area contributed by atoms with E-state index in [-0.39, 0.29) is 29.2 Å². The number of rotatable bonds is 6. The number of fused-ring (bicyclic) bond motifs is 2. The monoisotopic (exact) mass is 578 g/mol. The van der Waals surface area contributed by atoms with Crippen LogP contribution in [0.25, 0.3) is 0 Å². The largest absolute Gasteiger partial charge is 0.348 e. The molecule has 1 aromatic rings. The summed E-state index contributed by atoms with van der Waals surface area (Å²) in [6.07, 6.45) is 8.66. The number of hydrogen-bond acceptors (Lipinski definition) is 8. The molecule has 1 aromatic carbocycles. The molecule has 0 aromatic heterocycles. The van der Waals surface area contributed by atoms with Gasteiger partial charge >= 0.3 is 0 Å². The van der Waals surface area contributed by atoms with Gasteiger partial charge in [0.15, 0.2) is 6.35 Å². The van der Waals surface area contributed by atoms with Gasteiger partial charge in [0.25, 0.3) is 0 Å². The number of amides is 1. The number of carbonyl (C=O) groups is 1. The van der Waals surface area contributed by atoms with Crippen molar-refractivity contribution in [2.45, 2.75) is 92.2 Å². The molecule has 1 amide bonds. The van der Waals surface area contributed by atoms with Gasteiger partial charge in [0, 0.05) is 47.3 Å². The van der Waals surface area contributed by atoms with Crippen LogP contribution in [0.1, 0.15) is 51.0 Å². The summed E-state index contributed by atoms with van der Waals surface area (Å²) in [6.45, 7) is 10.1. The van der Waals surface area contributed by atoms with Crippen LogP contribution in [-0.4, -0.2) is 95.8 Å². The lowest BCUT2D eigenvalue weighted by molar-refractivity contribution is -0.135. The van der Waals surface area contributed by atoms with Crippen molar-refractivity contribution in [3.8, 4) is 6.07 Å². The summed E-state index contributed by atoms with van der Waals surface area (Å²) in [4.78, 5) is 20.8. The normalized spacial score (nSPS) is 37.8. The molecule has 0 radical (unpaired) electrons. The summed E-state index contributed by atoms with van der Waals surface area (Å²) in [7, 11) is 2.20. The van der Waals surface area contributed by atoms with E-state index >= 15 is 0 Å². The van der Waals surface area contributed by atoms with Gasteiger partial charge in [-0.15, -0.1) is 11.8 Å². The molecular weight excluding hydrogens is 532 g/mol. The molecule has 8 atom stereocenters. The molecule has 1 saturated carbocycles. The van der Waals surface area contributed by atoms with E-state index in [1.54, 1.807) is 0 Å². The summed E-state index contributed by atoms with van der Waals surface area (Å²) in [5.74, 6) is 0.966. The zero-order valence-electron chi connectivity index (χ0n) is 24.6. The number of nitrogens with zero attached hydrogens (tertiary/aromatic N) is 4. The summed E-state index contributed by atoms with van der Waals surface area (Å²) in [6, 6.07) is 12.0. The first-order chi connectivity index (χ1) is 19.9. The Bertz CT molecular complexity index is 1160. The Hall–Kier alpha value is -1.93. The number of piperazine rings is 1. The van der Waals surface area contributed by atoms with Crippen LogP contribution in [0, 0.1) is 23.2 Å². The van der Waals surface area contributed by atoms with Crippen LogP contribution in [0.2, 0.25) is 0 Å². The predicted molar refractivity (Wildman–Crippen MR) is 162 cm³/mol. The van der Waals surface area contributed by atoms with Crippen molar-refractivity contribution >= 4 is 17.7 Å². The average molecular weight is 579 g/mol. The maximum Gasteiger partial charge on any atom is 0.246 e. The topological polar surface area (TPSA) is 83.9 Å². The van der Waals surface area contributed by atoms with E-state index in [1.807, 2.05) is 4.90 Å². The number of carbonyl (C=O) groups excluding carboxylic acids is 1. The molecule has 3 saturated heterocycles. The van der Waals surface area contributed by atoms with Crippen molar-refractivity contribution < 1.29 is 9.53 Å². The molecule has 222 valence electrons. The molecule has 4 aliphatic heterocycles. The number of ether oxygens (including phenoxy) is 1. The number of nitrogens with one attached hydrogen (secondary N) is 2. The molecular formula is C32H46N6O2S. The maximum atomic E-state index is 12.6. The molecule has 8 nitrogen and oxygen atoms in total. The zero-order valence-corrected chi connectivity index (χ0v) is 25.5. The molecule has 6 rings (SSSR count). The Labute approximate surface area is 249 Å². The number of hydrogen-bond donors (Lipinski definition) is 2. The van der Waals surface area contributed by atoms with E-state index in [0.29, 0.717) is 50.0 Å². The van der Waals surface area contributed by atoms with E-state index in [4.69, 9.17) is 4.74 Å². The number of benzene rings is 1. The Balaban J connectivity index is 1.22. The Kier molecular flexibility index (Phi) is 8.79. The summed E-state index contributed by atoms with van der Waals surface area (Å²) >= 11 is 2.12. The highest BCUT2D eigenvalue weighted by Gasteiger charge is 2.52. The van der Waals surface area contributed by atoms with Crippen LogP contribution in [0.15, 0.2) is 41.8 Å². The maximum absolute atomic E-state index is 12.6. The van der Waals surface area contributed by atoms with E-state index in [2.05, 4.69) is 83.1 Å². The third kappa shape index (κ3) is 5.84. The quantitative estimate of drug-likeness (QED) is 0.497. The predicted octanol–water partition coefficient (Wildman–Crippen LogP) is 3.40. The number of likely N-dealkylation sites (tertiary alicyclic amines) is 1. The number of nitriles is 1. The molecule has 41 heavy (non-hydrogen) atoms. The second-order valence-electron chi connectivity index (χ2n) is 12.9. The lowest BCUT2D eigenvalue weighted by atomic mass is 9.69. The van der Waals surface area contributed by atoms with Crippen LogP contribution in [-0.2, 0) is 16.0 Å². The standard InChI is InChI=1S/C32H46N6O2S/c1-4-29(39)38-17-16-37(20-24(38)12-14-33)30-26-11-13-32(22(2)18-23-8-5-6-10-28(23)41-32)19-27(26)34-31(35-30)40-21-25-9-7-15-36(25)3/h4-6,8,10,22,24-27,30-31,34-35H,1,7,9,11-13,15-21H2,2-3H3/t22?,24?,25?,26?,27?,30?,31?,32-/m1/s1. The van der Waals surface area contributed by atoms with Gasteiger partial charge in [0.05, 0.1) is 31.3 Å². The minimum Gasteiger partial charge on any atom is -0.348 e. The second kappa shape index (κ2) is 12.4.